The van der Waals surface area contributed by atoms with Crippen LogP contribution < -0.4 is 10.6 Å². The van der Waals surface area contributed by atoms with E-state index in [0.717, 1.165) is 24.9 Å². The highest BCUT2D eigenvalue weighted by molar-refractivity contribution is 5.24. The third-order valence-electron chi connectivity index (χ3n) is 5.14. The summed E-state index contributed by atoms with van der Waals surface area (Å²) in [7, 11) is 0. The van der Waals surface area contributed by atoms with Gasteiger partial charge >= 0.3 is 0 Å². The molecule has 0 spiro atoms. The van der Waals surface area contributed by atoms with E-state index in [4.69, 9.17) is 0 Å². The molecule has 2 heteroatoms. The van der Waals surface area contributed by atoms with Gasteiger partial charge in [-0.1, -0.05) is 75.8 Å². The second kappa shape index (κ2) is 9.32. The van der Waals surface area contributed by atoms with Gasteiger partial charge in [0.15, 0.2) is 0 Å². The monoisotopic (exact) mass is 302 g/mol. The van der Waals surface area contributed by atoms with Crippen molar-refractivity contribution < 1.29 is 0 Å². The van der Waals surface area contributed by atoms with Crippen LogP contribution in [-0.2, 0) is 0 Å². The van der Waals surface area contributed by atoms with Crippen LogP contribution in [0.4, 0.5) is 0 Å². The van der Waals surface area contributed by atoms with Crippen LogP contribution in [0.1, 0.15) is 69.7 Å². The van der Waals surface area contributed by atoms with Gasteiger partial charge in [0.2, 0.25) is 0 Å². The minimum atomic E-state index is 0.335. The van der Waals surface area contributed by atoms with E-state index in [1.807, 2.05) is 0 Å². The first-order chi connectivity index (χ1) is 10.7. The van der Waals surface area contributed by atoms with Gasteiger partial charge in [0.1, 0.15) is 0 Å². The average Bonchev–Trinajstić information content (AvgIpc) is 2.55. The van der Waals surface area contributed by atoms with Crippen molar-refractivity contribution >= 4 is 0 Å². The molecule has 1 unspecified atom stereocenters. The Morgan fingerprint density at radius 1 is 1.05 bits per heavy atom. The molecule has 1 aromatic rings. The van der Waals surface area contributed by atoms with Gasteiger partial charge in [-0.05, 0) is 30.7 Å². The number of hydrogen-bond donors (Lipinski definition) is 2. The first-order valence-corrected chi connectivity index (χ1v) is 9.22. The van der Waals surface area contributed by atoms with Crippen molar-refractivity contribution in [2.24, 2.45) is 11.8 Å². The van der Waals surface area contributed by atoms with Gasteiger partial charge < -0.3 is 0 Å². The Kier molecular flexibility index (Phi) is 7.41. The fourth-order valence-corrected chi connectivity index (χ4v) is 3.22. The number of unbranched alkanes of at least 4 members (excludes halogenated alkanes) is 2. The van der Waals surface area contributed by atoms with Crippen molar-refractivity contribution in [1.29, 1.82) is 0 Å². The van der Waals surface area contributed by atoms with Crippen LogP contribution in [0.5, 0.6) is 0 Å². The lowest BCUT2D eigenvalue weighted by atomic mass is 9.95. The van der Waals surface area contributed by atoms with E-state index in [0.29, 0.717) is 6.17 Å². The van der Waals surface area contributed by atoms with Crippen molar-refractivity contribution in [2.45, 2.75) is 65.5 Å². The van der Waals surface area contributed by atoms with Crippen molar-refractivity contribution in [2.75, 3.05) is 13.1 Å². The van der Waals surface area contributed by atoms with Gasteiger partial charge in [0.25, 0.3) is 0 Å². The molecule has 2 nitrogen and oxygen atoms in total. The van der Waals surface area contributed by atoms with Gasteiger partial charge in [-0.3, -0.25) is 10.6 Å². The van der Waals surface area contributed by atoms with E-state index in [2.05, 4.69) is 55.7 Å². The van der Waals surface area contributed by atoms with E-state index in [1.165, 1.54) is 49.7 Å². The second-order valence-electron chi connectivity index (χ2n) is 7.18. The Balaban J connectivity index is 1.60. The lowest BCUT2D eigenvalue weighted by Crippen LogP contribution is -2.46. The van der Waals surface area contributed by atoms with E-state index in [1.54, 1.807) is 0 Å². The molecular formula is C20H34N2. The molecule has 1 aliphatic rings. The quantitative estimate of drug-likeness (QED) is 0.674. The predicted octanol–water partition coefficient (Wildman–Crippen LogP) is 4.80. The lowest BCUT2D eigenvalue weighted by Gasteiger charge is -2.31. The highest BCUT2D eigenvalue weighted by Gasteiger charge is 2.20. The molecule has 2 rings (SSSR count). The number of aryl methyl sites for hydroxylation is 1. The molecule has 1 aliphatic heterocycles. The Hall–Kier alpha value is -0.860. The molecule has 124 valence electrons. The molecule has 0 amide bonds. The highest BCUT2D eigenvalue weighted by atomic mass is 15.1. The van der Waals surface area contributed by atoms with Crippen LogP contribution in [0.25, 0.3) is 0 Å². The summed E-state index contributed by atoms with van der Waals surface area (Å²) in [5.41, 5.74) is 2.69. The molecule has 1 saturated heterocycles. The van der Waals surface area contributed by atoms with E-state index in [-0.39, 0.29) is 0 Å². The summed E-state index contributed by atoms with van der Waals surface area (Å²) < 4.78 is 0. The number of rotatable bonds is 8. The summed E-state index contributed by atoms with van der Waals surface area (Å²) in [6, 6.07) is 8.86. The van der Waals surface area contributed by atoms with Crippen LogP contribution in [0.15, 0.2) is 24.3 Å². The molecule has 1 aromatic carbocycles. The van der Waals surface area contributed by atoms with E-state index >= 15 is 0 Å². The summed E-state index contributed by atoms with van der Waals surface area (Å²) in [5.74, 6) is 1.71. The third kappa shape index (κ3) is 5.73. The first-order valence-electron chi connectivity index (χ1n) is 9.22. The first kappa shape index (κ1) is 17.5. The molecule has 0 bridgehead atoms. The normalized spacial score (nSPS) is 23.4. The minimum absolute atomic E-state index is 0.335. The van der Waals surface area contributed by atoms with Crippen molar-refractivity contribution in [3.63, 3.8) is 0 Å². The number of nitrogens with one attached hydrogen (secondary N) is 2. The molecule has 0 radical (unpaired) electrons. The summed E-state index contributed by atoms with van der Waals surface area (Å²) >= 11 is 0. The fraction of sp³-hybridized carbons (Fsp3) is 0.700. The van der Waals surface area contributed by atoms with Crippen LogP contribution in [0.2, 0.25) is 0 Å². The molecule has 0 aliphatic carbocycles. The molecule has 2 N–H and O–H groups in total. The topological polar surface area (TPSA) is 24.1 Å². The van der Waals surface area contributed by atoms with Gasteiger partial charge in [-0.25, -0.2) is 0 Å². The maximum Gasteiger partial charge on any atom is 0.0835 e. The molecule has 1 atom stereocenters. The van der Waals surface area contributed by atoms with Crippen molar-refractivity contribution in [3.05, 3.63) is 35.4 Å². The zero-order valence-electron chi connectivity index (χ0n) is 14.7. The van der Waals surface area contributed by atoms with Gasteiger partial charge in [-0.15, -0.1) is 0 Å². The smallest absolute Gasteiger partial charge is 0.0835 e. The molecule has 22 heavy (non-hydrogen) atoms. The maximum atomic E-state index is 3.66. The Labute approximate surface area is 137 Å². The fourth-order valence-electron chi connectivity index (χ4n) is 3.22. The molecule has 0 saturated carbocycles. The van der Waals surface area contributed by atoms with Crippen LogP contribution in [0, 0.1) is 18.8 Å². The van der Waals surface area contributed by atoms with Crippen LogP contribution in [-0.4, -0.2) is 13.1 Å². The van der Waals surface area contributed by atoms with E-state index in [9.17, 15) is 0 Å². The summed E-state index contributed by atoms with van der Waals surface area (Å²) in [6.07, 6.45) is 8.64. The third-order valence-corrected chi connectivity index (χ3v) is 5.14. The molecule has 0 aromatic heterocycles. The Morgan fingerprint density at radius 2 is 1.73 bits per heavy atom. The lowest BCUT2D eigenvalue weighted by molar-refractivity contribution is 0.281. The molecule has 1 fully saturated rings. The van der Waals surface area contributed by atoms with Gasteiger partial charge in [-0.2, -0.15) is 0 Å². The van der Waals surface area contributed by atoms with Crippen LogP contribution >= 0.6 is 0 Å². The standard InChI is InChI=1S/C20H34N2/c1-4-16(2)8-6-5-7-9-18-14-21-20(22-15-18)19-12-10-17(3)11-13-19/h10-13,16,18,20-22H,4-9,14-15H2,1-3H3. The average molecular weight is 303 g/mol. The Bertz CT molecular complexity index is 404. The molecule has 1 heterocycles. The Morgan fingerprint density at radius 3 is 2.36 bits per heavy atom. The SMILES string of the molecule is CCC(C)CCCCCC1CNC(c2ccc(C)cc2)NC1. The summed E-state index contributed by atoms with van der Waals surface area (Å²) in [6.45, 7) is 9.12. The van der Waals surface area contributed by atoms with Crippen LogP contribution in [0.3, 0.4) is 0 Å². The minimum Gasteiger partial charge on any atom is -0.298 e. The number of benzene rings is 1. The second-order valence-corrected chi connectivity index (χ2v) is 7.18. The molecular weight excluding hydrogens is 268 g/mol. The zero-order chi connectivity index (χ0) is 15.8. The van der Waals surface area contributed by atoms with Crippen molar-refractivity contribution in [3.8, 4) is 0 Å². The summed E-state index contributed by atoms with van der Waals surface area (Å²) in [4.78, 5) is 0. The highest BCUT2D eigenvalue weighted by Crippen LogP contribution is 2.19. The predicted molar refractivity (Wildman–Crippen MR) is 96.0 cm³/mol. The zero-order valence-corrected chi connectivity index (χ0v) is 14.7. The van der Waals surface area contributed by atoms with E-state index < -0.39 is 0 Å². The number of hydrogen-bond acceptors (Lipinski definition) is 2. The van der Waals surface area contributed by atoms with Gasteiger partial charge in [0.05, 0.1) is 6.17 Å². The largest absolute Gasteiger partial charge is 0.298 e. The van der Waals surface area contributed by atoms with Gasteiger partial charge in [0, 0.05) is 13.1 Å². The summed E-state index contributed by atoms with van der Waals surface area (Å²) in [5, 5.41) is 7.32. The maximum absolute atomic E-state index is 3.66. The van der Waals surface area contributed by atoms with Crippen molar-refractivity contribution in [1.82, 2.24) is 10.6 Å².